The zero-order chi connectivity index (χ0) is 17.2. The van der Waals surface area contributed by atoms with E-state index in [9.17, 15) is 14.4 Å². The quantitative estimate of drug-likeness (QED) is 0.665. The lowest BCUT2D eigenvalue weighted by atomic mass is 9.98. The number of amides is 4. The molecule has 0 aromatic heterocycles. The molecule has 2 fully saturated rings. The van der Waals surface area contributed by atoms with Gasteiger partial charge in [-0.1, -0.05) is 37.1 Å². The molecule has 4 amide bonds. The Labute approximate surface area is 141 Å². The summed E-state index contributed by atoms with van der Waals surface area (Å²) in [4.78, 5) is 40.1. The summed E-state index contributed by atoms with van der Waals surface area (Å²) in [7, 11) is 0. The predicted octanol–water partition coefficient (Wildman–Crippen LogP) is 2.07. The lowest BCUT2D eigenvalue weighted by molar-refractivity contribution is -0.134. The van der Waals surface area contributed by atoms with Crippen molar-refractivity contribution in [2.75, 3.05) is 18.0 Å². The molecule has 0 radical (unpaired) electrons. The summed E-state index contributed by atoms with van der Waals surface area (Å²) >= 11 is 0. The average molecular weight is 327 g/mol. The topological polar surface area (TPSA) is 69.7 Å². The first-order valence-corrected chi connectivity index (χ1v) is 8.18. The minimum Gasteiger partial charge on any atom is -0.323 e. The third-order valence-corrected chi connectivity index (χ3v) is 4.68. The van der Waals surface area contributed by atoms with Gasteiger partial charge in [0.2, 0.25) is 5.91 Å². The Kier molecular flexibility index (Phi) is 4.38. The SMILES string of the molecule is C=CCN(C(=O)CN1C(=O)NC2(CCCC2)C1=O)c1ccccc1. The number of nitrogens with zero attached hydrogens (tertiary/aromatic N) is 2. The van der Waals surface area contributed by atoms with Crippen molar-refractivity contribution in [3.8, 4) is 0 Å². The summed E-state index contributed by atoms with van der Waals surface area (Å²) in [5, 5.41) is 2.79. The Bertz CT molecular complexity index is 665. The summed E-state index contributed by atoms with van der Waals surface area (Å²) in [6, 6.07) is 8.68. The van der Waals surface area contributed by atoms with Crippen LogP contribution in [0.25, 0.3) is 0 Å². The van der Waals surface area contributed by atoms with Gasteiger partial charge in [0, 0.05) is 12.2 Å². The molecule has 1 aromatic rings. The second kappa shape index (κ2) is 6.47. The van der Waals surface area contributed by atoms with Gasteiger partial charge in [-0.05, 0) is 25.0 Å². The van der Waals surface area contributed by atoms with Crippen molar-refractivity contribution in [3.63, 3.8) is 0 Å². The fourth-order valence-corrected chi connectivity index (χ4v) is 3.45. The smallest absolute Gasteiger partial charge is 0.323 e. The van der Waals surface area contributed by atoms with Gasteiger partial charge in [0.1, 0.15) is 12.1 Å². The van der Waals surface area contributed by atoms with Crippen molar-refractivity contribution in [2.45, 2.75) is 31.2 Å². The number of para-hydroxylation sites is 1. The predicted molar refractivity (Wildman–Crippen MR) is 90.4 cm³/mol. The standard InChI is InChI=1S/C18H21N3O3/c1-2-12-20(14-8-4-3-5-9-14)15(22)13-21-16(23)18(19-17(21)24)10-6-7-11-18/h2-5,8-9H,1,6-7,10-13H2,(H,19,24). The van der Waals surface area contributed by atoms with Crippen molar-refractivity contribution in [3.05, 3.63) is 43.0 Å². The number of rotatable bonds is 5. The van der Waals surface area contributed by atoms with E-state index in [1.54, 1.807) is 6.08 Å². The average Bonchev–Trinajstić information content (AvgIpc) is 3.14. The van der Waals surface area contributed by atoms with Crippen molar-refractivity contribution < 1.29 is 14.4 Å². The Morgan fingerprint density at radius 1 is 1.25 bits per heavy atom. The monoisotopic (exact) mass is 327 g/mol. The second-order valence-electron chi connectivity index (χ2n) is 6.24. The molecule has 1 aromatic carbocycles. The summed E-state index contributed by atoms with van der Waals surface area (Å²) < 4.78 is 0. The van der Waals surface area contributed by atoms with E-state index in [1.807, 2.05) is 30.3 Å². The highest BCUT2D eigenvalue weighted by atomic mass is 16.2. The number of nitrogens with one attached hydrogen (secondary N) is 1. The van der Waals surface area contributed by atoms with E-state index >= 15 is 0 Å². The van der Waals surface area contributed by atoms with Crippen LogP contribution in [-0.4, -0.2) is 41.4 Å². The molecule has 1 heterocycles. The summed E-state index contributed by atoms with van der Waals surface area (Å²) in [5.41, 5.74) is -0.0714. The third-order valence-electron chi connectivity index (χ3n) is 4.68. The van der Waals surface area contributed by atoms with Crippen molar-refractivity contribution in [2.24, 2.45) is 0 Å². The lowest BCUT2D eigenvalue weighted by Crippen LogP contribution is -2.46. The van der Waals surface area contributed by atoms with E-state index in [-0.39, 0.29) is 18.4 Å². The van der Waals surface area contributed by atoms with Gasteiger partial charge in [0.05, 0.1) is 0 Å². The maximum absolute atomic E-state index is 12.7. The van der Waals surface area contributed by atoms with E-state index in [0.29, 0.717) is 25.1 Å². The molecule has 0 bridgehead atoms. The molecule has 6 heteroatoms. The van der Waals surface area contributed by atoms with Crippen LogP contribution in [0.5, 0.6) is 0 Å². The molecule has 0 unspecified atom stereocenters. The highest BCUT2D eigenvalue weighted by Crippen LogP contribution is 2.35. The molecule has 1 aliphatic heterocycles. The maximum atomic E-state index is 12.7. The first kappa shape index (κ1) is 16.2. The Hall–Kier alpha value is -2.63. The molecule has 1 spiro atoms. The normalized spacial score (nSPS) is 18.8. The van der Waals surface area contributed by atoms with Crippen LogP contribution in [0.3, 0.4) is 0 Å². The minimum atomic E-state index is -0.784. The van der Waals surface area contributed by atoms with Gasteiger partial charge in [-0.25, -0.2) is 4.79 Å². The van der Waals surface area contributed by atoms with E-state index in [2.05, 4.69) is 11.9 Å². The van der Waals surface area contributed by atoms with E-state index < -0.39 is 11.6 Å². The first-order valence-electron chi connectivity index (χ1n) is 8.18. The molecule has 24 heavy (non-hydrogen) atoms. The van der Waals surface area contributed by atoms with Gasteiger partial charge in [-0.2, -0.15) is 0 Å². The zero-order valence-corrected chi connectivity index (χ0v) is 13.5. The molecule has 1 saturated carbocycles. The van der Waals surface area contributed by atoms with E-state index in [4.69, 9.17) is 0 Å². The number of carbonyl (C=O) groups is 3. The highest BCUT2D eigenvalue weighted by molar-refractivity contribution is 6.10. The van der Waals surface area contributed by atoms with Gasteiger partial charge in [-0.15, -0.1) is 6.58 Å². The molecule has 2 aliphatic rings. The van der Waals surface area contributed by atoms with Crippen molar-refractivity contribution in [1.29, 1.82) is 0 Å². The number of anilines is 1. The number of imide groups is 1. The van der Waals surface area contributed by atoms with Crippen LogP contribution in [0.4, 0.5) is 10.5 Å². The lowest BCUT2D eigenvalue weighted by Gasteiger charge is -2.24. The Balaban J connectivity index is 1.76. The van der Waals surface area contributed by atoms with Gasteiger partial charge in [0.25, 0.3) is 5.91 Å². The third kappa shape index (κ3) is 2.79. The Morgan fingerprint density at radius 2 is 1.92 bits per heavy atom. The van der Waals surface area contributed by atoms with Crippen molar-refractivity contribution >= 4 is 23.5 Å². The van der Waals surface area contributed by atoms with Gasteiger partial charge in [-0.3, -0.25) is 14.5 Å². The fourth-order valence-electron chi connectivity index (χ4n) is 3.45. The van der Waals surface area contributed by atoms with Crippen molar-refractivity contribution in [1.82, 2.24) is 10.2 Å². The molecular formula is C18H21N3O3. The summed E-state index contributed by atoms with van der Waals surface area (Å²) in [5.74, 6) is -0.579. The van der Waals surface area contributed by atoms with Gasteiger partial charge in [0.15, 0.2) is 0 Å². The largest absolute Gasteiger partial charge is 0.325 e. The maximum Gasteiger partial charge on any atom is 0.325 e. The molecule has 3 rings (SSSR count). The minimum absolute atomic E-state index is 0.255. The fraction of sp³-hybridized carbons (Fsp3) is 0.389. The summed E-state index contributed by atoms with van der Waals surface area (Å²) in [6.07, 6.45) is 4.75. The van der Waals surface area contributed by atoms with Gasteiger partial charge < -0.3 is 10.2 Å². The number of urea groups is 1. The molecule has 6 nitrogen and oxygen atoms in total. The molecule has 1 aliphatic carbocycles. The first-order chi connectivity index (χ1) is 11.6. The summed E-state index contributed by atoms with van der Waals surface area (Å²) in [6.45, 7) is 3.74. The molecule has 0 atom stereocenters. The number of carbonyl (C=O) groups excluding carboxylic acids is 3. The van der Waals surface area contributed by atoms with Crippen LogP contribution in [0.1, 0.15) is 25.7 Å². The van der Waals surface area contributed by atoms with E-state index in [1.165, 1.54) is 4.90 Å². The number of hydrogen-bond acceptors (Lipinski definition) is 3. The van der Waals surface area contributed by atoms with Crippen LogP contribution >= 0.6 is 0 Å². The van der Waals surface area contributed by atoms with Crippen LogP contribution in [-0.2, 0) is 9.59 Å². The van der Waals surface area contributed by atoms with E-state index in [0.717, 1.165) is 17.7 Å². The van der Waals surface area contributed by atoms with Crippen LogP contribution in [0, 0.1) is 0 Å². The van der Waals surface area contributed by atoms with Gasteiger partial charge >= 0.3 is 6.03 Å². The van der Waals surface area contributed by atoms with Crippen LogP contribution < -0.4 is 10.2 Å². The highest BCUT2D eigenvalue weighted by Gasteiger charge is 2.52. The molecular weight excluding hydrogens is 306 g/mol. The molecule has 1 N–H and O–H groups in total. The molecule has 126 valence electrons. The van der Waals surface area contributed by atoms with Crippen LogP contribution in [0.15, 0.2) is 43.0 Å². The second-order valence-corrected chi connectivity index (χ2v) is 6.24. The number of benzene rings is 1. The Morgan fingerprint density at radius 3 is 2.54 bits per heavy atom. The zero-order valence-electron chi connectivity index (χ0n) is 13.5. The van der Waals surface area contributed by atoms with Crippen LogP contribution in [0.2, 0.25) is 0 Å². The molecule has 1 saturated heterocycles. The number of hydrogen-bond donors (Lipinski definition) is 1.